The van der Waals surface area contributed by atoms with Crippen molar-refractivity contribution < 1.29 is 9.18 Å². The van der Waals surface area contributed by atoms with Gasteiger partial charge < -0.3 is 10.6 Å². The number of amides is 1. The second-order valence-corrected chi connectivity index (χ2v) is 6.12. The Kier molecular flexibility index (Phi) is 6.91. The maximum Gasteiger partial charge on any atom is 0.224 e. The highest BCUT2D eigenvalue weighted by molar-refractivity contribution is 6.31. The minimum atomic E-state index is -0.430. The number of hydrogen-bond acceptors (Lipinski definition) is 2. The monoisotopic (exact) mass is 334 g/mol. The fraction of sp³-hybridized carbons (Fsp3) is 0.533. The van der Waals surface area contributed by atoms with E-state index in [1.165, 1.54) is 12.1 Å². The van der Waals surface area contributed by atoms with Crippen molar-refractivity contribution in [2.24, 2.45) is 5.41 Å². The molecule has 0 saturated carbocycles. The molecule has 1 fully saturated rings. The smallest absolute Gasteiger partial charge is 0.224 e. The highest BCUT2D eigenvalue weighted by Crippen LogP contribution is 2.26. The molecular weight excluding hydrogens is 314 g/mol. The Morgan fingerprint density at radius 3 is 2.71 bits per heavy atom. The lowest BCUT2D eigenvalue weighted by molar-refractivity contribution is -0.121. The van der Waals surface area contributed by atoms with Crippen LogP contribution in [0.5, 0.6) is 0 Å². The molecule has 0 atom stereocenters. The zero-order valence-corrected chi connectivity index (χ0v) is 13.6. The molecule has 2 N–H and O–H groups in total. The van der Waals surface area contributed by atoms with E-state index in [9.17, 15) is 9.18 Å². The van der Waals surface area contributed by atoms with Gasteiger partial charge in [-0.3, -0.25) is 4.79 Å². The van der Waals surface area contributed by atoms with E-state index in [-0.39, 0.29) is 35.7 Å². The van der Waals surface area contributed by atoms with Gasteiger partial charge in [-0.1, -0.05) is 24.6 Å². The summed E-state index contributed by atoms with van der Waals surface area (Å²) in [6.07, 6.45) is 2.06. The summed E-state index contributed by atoms with van der Waals surface area (Å²) in [5.74, 6) is -0.613. The fourth-order valence-electron chi connectivity index (χ4n) is 2.44. The molecule has 1 aromatic rings. The number of piperidine rings is 1. The van der Waals surface area contributed by atoms with Gasteiger partial charge in [-0.2, -0.15) is 0 Å². The Morgan fingerprint density at radius 2 is 2.10 bits per heavy atom. The van der Waals surface area contributed by atoms with Crippen molar-refractivity contribution in [1.29, 1.82) is 0 Å². The zero-order valence-electron chi connectivity index (χ0n) is 12.0. The number of carbonyl (C=O) groups excluding carboxylic acids is 1. The van der Waals surface area contributed by atoms with Gasteiger partial charge in [0.15, 0.2) is 0 Å². The number of benzene rings is 1. The summed E-state index contributed by atoms with van der Waals surface area (Å²) in [7, 11) is 0. The lowest BCUT2D eigenvalue weighted by atomic mass is 9.81. The number of halogens is 3. The maximum atomic E-state index is 13.6. The summed E-state index contributed by atoms with van der Waals surface area (Å²) in [4.78, 5) is 11.9. The van der Waals surface area contributed by atoms with Crippen molar-refractivity contribution in [2.75, 3.05) is 19.6 Å². The van der Waals surface area contributed by atoms with Crippen LogP contribution in [-0.4, -0.2) is 25.5 Å². The van der Waals surface area contributed by atoms with Crippen LogP contribution >= 0.6 is 24.0 Å². The van der Waals surface area contributed by atoms with Crippen molar-refractivity contribution in [3.8, 4) is 0 Å². The molecule has 3 nitrogen and oxygen atoms in total. The normalized spacial score (nSPS) is 16.9. The molecule has 1 saturated heterocycles. The third kappa shape index (κ3) is 5.13. The fourth-order valence-corrected chi connectivity index (χ4v) is 2.67. The van der Waals surface area contributed by atoms with Gasteiger partial charge in [0.05, 0.1) is 6.42 Å². The summed E-state index contributed by atoms with van der Waals surface area (Å²) in [5, 5.41) is 6.51. The standard InChI is InChI=1S/C15H20ClFN2O.ClH/c1-15(5-7-18-8-6-15)10-19-14(20)9-11-12(16)3-2-4-13(11)17;/h2-4,18H,5-10H2,1H3,(H,19,20);1H. The molecule has 0 aliphatic carbocycles. The Bertz CT molecular complexity index is 470. The van der Waals surface area contributed by atoms with Gasteiger partial charge in [0, 0.05) is 17.1 Å². The Morgan fingerprint density at radius 1 is 1.43 bits per heavy atom. The molecular formula is C15H21Cl2FN2O. The number of carbonyl (C=O) groups is 1. The molecule has 118 valence electrons. The SMILES string of the molecule is CC1(CNC(=O)Cc2c(F)cccc2Cl)CCNCC1.Cl. The molecule has 21 heavy (non-hydrogen) atoms. The lowest BCUT2D eigenvalue weighted by Gasteiger charge is -2.34. The van der Waals surface area contributed by atoms with Gasteiger partial charge in [0.1, 0.15) is 5.82 Å². The molecule has 0 aromatic heterocycles. The van der Waals surface area contributed by atoms with E-state index in [4.69, 9.17) is 11.6 Å². The molecule has 6 heteroatoms. The summed E-state index contributed by atoms with van der Waals surface area (Å²) in [6.45, 7) is 4.75. The first-order valence-electron chi connectivity index (χ1n) is 6.90. The number of hydrogen-bond donors (Lipinski definition) is 2. The zero-order chi connectivity index (χ0) is 14.6. The van der Waals surface area contributed by atoms with Crippen molar-refractivity contribution in [2.45, 2.75) is 26.2 Å². The van der Waals surface area contributed by atoms with Crippen LogP contribution in [0.3, 0.4) is 0 Å². The highest BCUT2D eigenvalue weighted by atomic mass is 35.5. The minimum Gasteiger partial charge on any atom is -0.355 e. The van der Waals surface area contributed by atoms with Crippen molar-refractivity contribution >= 4 is 29.9 Å². The van der Waals surface area contributed by atoms with Crippen molar-refractivity contribution in [3.05, 3.63) is 34.6 Å². The summed E-state index contributed by atoms with van der Waals surface area (Å²) < 4.78 is 13.6. The minimum absolute atomic E-state index is 0. The van der Waals surface area contributed by atoms with Gasteiger partial charge in [-0.05, 0) is 43.5 Å². The average molecular weight is 335 g/mol. The van der Waals surface area contributed by atoms with Crippen molar-refractivity contribution in [1.82, 2.24) is 10.6 Å². The van der Waals surface area contributed by atoms with Gasteiger partial charge >= 0.3 is 0 Å². The second kappa shape index (κ2) is 7.97. The predicted molar refractivity (Wildman–Crippen MR) is 85.6 cm³/mol. The van der Waals surface area contributed by atoms with Crippen LogP contribution in [-0.2, 0) is 11.2 Å². The number of nitrogens with one attached hydrogen (secondary N) is 2. The Balaban J connectivity index is 0.00000220. The van der Waals surface area contributed by atoms with Gasteiger partial charge in [-0.15, -0.1) is 12.4 Å². The lowest BCUT2D eigenvalue weighted by Crippen LogP contribution is -2.43. The molecule has 1 aliphatic heterocycles. The topological polar surface area (TPSA) is 41.1 Å². The van der Waals surface area contributed by atoms with Gasteiger partial charge in [0.2, 0.25) is 5.91 Å². The van der Waals surface area contributed by atoms with Crippen LogP contribution in [0.1, 0.15) is 25.3 Å². The van der Waals surface area contributed by atoms with E-state index in [0.29, 0.717) is 11.6 Å². The molecule has 0 spiro atoms. The third-order valence-corrected chi connectivity index (χ3v) is 4.28. The van der Waals surface area contributed by atoms with Gasteiger partial charge in [0.25, 0.3) is 0 Å². The molecule has 1 heterocycles. The van der Waals surface area contributed by atoms with E-state index in [2.05, 4.69) is 17.6 Å². The van der Waals surface area contributed by atoms with E-state index in [1.54, 1.807) is 6.07 Å². The first-order valence-corrected chi connectivity index (χ1v) is 7.28. The summed E-state index contributed by atoms with van der Waals surface area (Å²) in [5.41, 5.74) is 0.391. The Labute approximate surface area is 136 Å². The molecule has 1 aromatic carbocycles. The molecule has 0 bridgehead atoms. The Hall–Kier alpha value is -0.840. The van der Waals surface area contributed by atoms with Crippen LogP contribution in [0.2, 0.25) is 5.02 Å². The van der Waals surface area contributed by atoms with Crippen LogP contribution in [0.15, 0.2) is 18.2 Å². The quantitative estimate of drug-likeness (QED) is 0.888. The average Bonchev–Trinajstić information content (AvgIpc) is 2.42. The van der Waals surface area contributed by atoms with Crippen LogP contribution in [0, 0.1) is 11.2 Å². The van der Waals surface area contributed by atoms with Crippen LogP contribution < -0.4 is 10.6 Å². The molecule has 1 amide bonds. The third-order valence-electron chi connectivity index (χ3n) is 3.92. The summed E-state index contributed by atoms with van der Waals surface area (Å²) in [6, 6.07) is 4.46. The largest absolute Gasteiger partial charge is 0.355 e. The maximum absolute atomic E-state index is 13.6. The van der Waals surface area contributed by atoms with Gasteiger partial charge in [-0.25, -0.2) is 4.39 Å². The summed E-state index contributed by atoms with van der Waals surface area (Å²) >= 11 is 5.92. The molecule has 1 aliphatic rings. The van der Waals surface area contributed by atoms with E-state index in [1.807, 2.05) is 0 Å². The number of rotatable bonds is 4. The van der Waals surface area contributed by atoms with Crippen LogP contribution in [0.4, 0.5) is 4.39 Å². The second-order valence-electron chi connectivity index (χ2n) is 5.71. The first-order chi connectivity index (χ1) is 9.50. The highest BCUT2D eigenvalue weighted by Gasteiger charge is 2.27. The van der Waals surface area contributed by atoms with E-state index >= 15 is 0 Å². The molecule has 0 radical (unpaired) electrons. The van der Waals surface area contributed by atoms with E-state index in [0.717, 1.165) is 25.9 Å². The van der Waals surface area contributed by atoms with E-state index < -0.39 is 5.82 Å². The molecule has 0 unspecified atom stereocenters. The first kappa shape index (κ1) is 18.2. The van der Waals surface area contributed by atoms with Crippen LogP contribution in [0.25, 0.3) is 0 Å². The molecule has 2 rings (SSSR count). The van der Waals surface area contributed by atoms with Crippen molar-refractivity contribution in [3.63, 3.8) is 0 Å². The predicted octanol–water partition coefficient (Wildman–Crippen LogP) is 2.95.